The predicted molar refractivity (Wildman–Crippen MR) is 100 cm³/mol. The molecule has 0 radical (unpaired) electrons. The highest BCUT2D eigenvalue weighted by Gasteiger charge is 2.15. The summed E-state index contributed by atoms with van der Waals surface area (Å²) in [4.78, 5) is 20.1. The van der Waals surface area contributed by atoms with Gasteiger partial charge in [0.15, 0.2) is 23.3 Å². The number of halogens is 3. The van der Waals surface area contributed by atoms with Crippen molar-refractivity contribution in [2.75, 3.05) is 23.7 Å². The smallest absolute Gasteiger partial charge is 0.319 e. The Kier molecular flexibility index (Phi) is 5.96. The van der Waals surface area contributed by atoms with Crippen molar-refractivity contribution in [3.05, 3.63) is 59.4 Å². The van der Waals surface area contributed by atoms with Crippen molar-refractivity contribution in [2.24, 2.45) is 0 Å². The maximum absolute atomic E-state index is 13.5. The van der Waals surface area contributed by atoms with Gasteiger partial charge in [0.25, 0.3) is 0 Å². The number of nitrogens with zero attached hydrogens (tertiary/aromatic N) is 4. The summed E-state index contributed by atoms with van der Waals surface area (Å²) in [7, 11) is 0. The highest BCUT2D eigenvalue weighted by molar-refractivity contribution is 5.89. The van der Waals surface area contributed by atoms with E-state index in [1.54, 1.807) is 10.7 Å². The van der Waals surface area contributed by atoms with Gasteiger partial charge in [0.1, 0.15) is 12.1 Å². The number of aromatic nitrogens is 4. The Morgan fingerprint density at radius 3 is 2.59 bits per heavy atom. The van der Waals surface area contributed by atoms with E-state index >= 15 is 0 Å². The summed E-state index contributed by atoms with van der Waals surface area (Å²) in [6.45, 7) is 4.26. The van der Waals surface area contributed by atoms with Crippen molar-refractivity contribution in [1.29, 1.82) is 0 Å². The van der Waals surface area contributed by atoms with E-state index in [1.165, 1.54) is 6.33 Å². The van der Waals surface area contributed by atoms with Gasteiger partial charge in [-0.1, -0.05) is 0 Å². The number of nitrogens with one attached hydrogen (secondary N) is 3. The Bertz CT molecular complexity index is 1040. The average Bonchev–Trinajstić information content (AvgIpc) is 3.04. The molecule has 1 aromatic carbocycles. The molecule has 3 rings (SSSR count). The zero-order valence-corrected chi connectivity index (χ0v) is 15.6. The van der Waals surface area contributed by atoms with E-state index in [4.69, 9.17) is 0 Å². The van der Waals surface area contributed by atoms with Crippen molar-refractivity contribution in [3.63, 3.8) is 0 Å². The molecular formula is C18H18F3N7O. The van der Waals surface area contributed by atoms with Crippen LogP contribution in [-0.4, -0.2) is 38.9 Å². The second kappa shape index (κ2) is 8.59. The summed E-state index contributed by atoms with van der Waals surface area (Å²) in [6, 6.07) is 4.53. The topological polar surface area (TPSA) is 96.8 Å². The van der Waals surface area contributed by atoms with E-state index in [1.807, 2.05) is 19.9 Å². The minimum Gasteiger partial charge on any atom is -0.368 e. The van der Waals surface area contributed by atoms with Crippen LogP contribution in [0.5, 0.6) is 0 Å². The third kappa shape index (κ3) is 4.81. The normalized spacial score (nSPS) is 10.7. The number of hydrogen-bond acceptors (Lipinski definition) is 5. The van der Waals surface area contributed by atoms with Gasteiger partial charge in [-0.25, -0.2) is 32.6 Å². The third-order valence-corrected chi connectivity index (χ3v) is 3.88. The summed E-state index contributed by atoms with van der Waals surface area (Å²) in [5, 5.41) is 11.9. The fourth-order valence-corrected chi connectivity index (χ4v) is 2.58. The van der Waals surface area contributed by atoms with Gasteiger partial charge in [0.05, 0.1) is 11.4 Å². The second-order valence-electron chi connectivity index (χ2n) is 6.13. The molecule has 0 spiro atoms. The number of aryl methyl sites for hydroxylation is 2. The summed E-state index contributed by atoms with van der Waals surface area (Å²) in [5.74, 6) is -3.33. The van der Waals surface area contributed by atoms with Crippen LogP contribution in [0.4, 0.5) is 29.5 Å². The SMILES string of the molecule is Cc1cc(C)n(-c2cc(NCCNC(=O)Nc3ccc(F)c(F)c3F)ncn2)n1. The Morgan fingerprint density at radius 1 is 1.07 bits per heavy atom. The molecule has 2 amide bonds. The number of amides is 2. The molecule has 8 nitrogen and oxygen atoms in total. The lowest BCUT2D eigenvalue weighted by atomic mass is 10.3. The van der Waals surface area contributed by atoms with Crippen LogP contribution in [0.1, 0.15) is 11.4 Å². The summed E-state index contributed by atoms with van der Waals surface area (Å²) in [6.07, 6.45) is 1.39. The first-order valence-corrected chi connectivity index (χ1v) is 8.63. The molecule has 0 fully saturated rings. The first-order chi connectivity index (χ1) is 13.8. The predicted octanol–water partition coefficient (Wildman–Crippen LogP) is 2.93. The first-order valence-electron chi connectivity index (χ1n) is 8.63. The minimum absolute atomic E-state index is 0.163. The molecule has 11 heteroatoms. The lowest BCUT2D eigenvalue weighted by molar-refractivity contribution is 0.252. The number of benzene rings is 1. The van der Waals surface area contributed by atoms with Crippen molar-refractivity contribution < 1.29 is 18.0 Å². The molecule has 152 valence electrons. The van der Waals surface area contributed by atoms with Gasteiger partial charge in [-0.3, -0.25) is 0 Å². The summed E-state index contributed by atoms with van der Waals surface area (Å²) < 4.78 is 41.3. The Hall–Kier alpha value is -3.63. The van der Waals surface area contributed by atoms with E-state index in [2.05, 4.69) is 31.0 Å². The van der Waals surface area contributed by atoms with E-state index in [0.29, 0.717) is 18.2 Å². The zero-order chi connectivity index (χ0) is 21.0. The van der Waals surface area contributed by atoms with Gasteiger partial charge >= 0.3 is 6.03 Å². The highest BCUT2D eigenvalue weighted by atomic mass is 19.2. The highest BCUT2D eigenvalue weighted by Crippen LogP contribution is 2.19. The number of anilines is 2. The Morgan fingerprint density at radius 2 is 1.86 bits per heavy atom. The molecule has 2 aromatic heterocycles. The molecule has 29 heavy (non-hydrogen) atoms. The molecular weight excluding hydrogens is 387 g/mol. The lowest BCUT2D eigenvalue weighted by Crippen LogP contribution is -2.33. The fraction of sp³-hybridized carbons (Fsp3) is 0.222. The lowest BCUT2D eigenvalue weighted by Gasteiger charge is -2.10. The number of rotatable bonds is 6. The van der Waals surface area contributed by atoms with Crippen LogP contribution in [0.3, 0.4) is 0 Å². The van der Waals surface area contributed by atoms with E-state index in [0.717, 1.165) is 23.5 Å². The molecule has 0 atom stereocenters. The first kappa shape index (κ1) is 20.1. The van der Waals surface area contributed by atoms with Gasteiger partial charge in [0, 0.05) is 24.8 Å². The molecule has 0 aliphatic carbocycles. The standard InChI is InChI=1S/C18H18F3N7O/c1-10-7-11(2)28(27-10)15-8-14(24-9-25-15)22-5-6-23-18(29)26-13-4-3-12(19)16(20)17(13)21/h3-4,7-9H,5-6H2,1-2H3,(H,22,24,25)(H2,23,26,29). The monoisotopic (exact) mass is 405 g/mol. The van der Waals surface area contributed by atoms with Gasteiger partial charge in [-0.05, 0) is 32.0 Å². The zero-order valence-electron chi connectivity index (χ0n) is 15.6. The third-order valence-electron chi connectivity index (χ3n) is 3.88. The molecule has 3 aromatic rings. The quantitative estimate of drug-likeness (QED) is 0.433. The van der Waals surface area contributed by atoms with Crippen LogP contribution in [-0.2, 0) is 0 Å². The fourth-order valence-electron chi connectivity index (χ4n) is 2.58. The average molecular weight is 405 g/mol. The molecule has 0 saturated carbocycles. The molecule has 0 aliphatic heterocycles. The summed E-state index contributed by atoms with van der Waals surface area (Å²) >= 11 is 0. The Balaban J connectivity index is 1.51. The van der Waals surface area contributed by atoms with Crippen LogP contribution in [0.2, 0.25) is 0 Å². The second-order valence-corrected chi connectivity index (χ2v) is 6.13. The largest absolute Gasteiger partial charge is 0.368 e. The van der Waals surface area contributed by atoms with Gasteiger partial charge in [-0.2, -0.15) is 5.10 Å². The number of urea groups is 1. The van der Waals surface area contributed by atoms with Gasteiger partial charge in [0.2, 0.25) is 0 Å². The van der Waals surface area contributed by atoms with Crippen molar-refractivity contribution in [3.8, 4) is 5.82 Å². The molecule has 0 saturated heterocycles. The van der Waals surface area contributed by atoms with Crippen molar-refractivity contribution in [1.82, 2.24) is 25.1 Å². The number of hydrogen-bond donors (Lipinski definition) is 3. The van der Waals surface area contributed by atoms with Gasteiger partial charge in [-0.15, -0.1) is 0 Å². The van der Waals surface area contributed by atoms with Crippen LogP contribution in [0.15, 0.2) is 30.6 Å². The minimum atomic E-state index is -1.65. The van der Waals surface area contributed by atoms with E-state index < -0.39 is 29.2 Å². The molecule has 0 aliphatic rings. The molecule has 0 bridgehead atoms. The van der Waals surface area contributed by atoms with E-state index in [-0.39, 0.29) is 6.54 Å². The number of carbonyl (C=O) groups excluding carboxylic acids is 1. The van der Waals surface area contributed by atoms with Crippen LogP contribution < -0.4 is 16.0 Å². The molecule has 0 unspecified atom stereocenters. The molecule has 2 heterocycles. The van der Waals surface area contributed by atoms with Gasteiger partial charge < -0.3 is 16.0 Å². The van der Waals surface area contributed by atoms with E-state index in [9.17, 15) is 18.0 Å². The maximum atomic E-state index is 13.5. The van der Waals surface area contributed by atoms with Crippen LogP contribution >= 0.6 is 0 Å². The maximum Gasteiger partial charge on any atom is 0.319 e. The molecule has 3 N–H and O–H groups in total. The van der Waals surface area contributed by atoms with Crippen molar-refractivity contribution in [2.45, 2.75) is 13.8 Å². The van der Waals surface area contributed by atoms with Crippen LogP contribution in [0.25, 0.3) is 5.82 Å². The number of carbonyl (C=O) groups is 1. The van der Waals surface area contributed by atoms with Crippen molar-refractivity contribution >= 4 is 17.5 Å². The van der Waals surface area contributed by atoms with Crippen LogP contribution in [0, 0.1) is 31.3 Å². The Labute approximate surface area is 164 Å². The summed E-state index contributed by atoms with van der Waals surface area (Å²) in [5.41, 5.74) is 1.33.